The molecule has 2 heterocycles. The second-order valence-corrected chi connectivity index (χ2v) is 6.76. The molecule has 0 atom stereocenters. The predicted octanol–water partition coefficient (Wildman–Crippen LogP) is 3.36. The van der Waals surface area contributed by atoms with E-state index >= 15 is 0 Å². The molecule has 3 aromatic rings. The third-order valence-electron chi connectivity index (χ3n) is 3.84. The fourth-order valence-electron chi connectivity index (χ4n) is 2.59. The van der Waals surface area contributed by atoms with Gasteiger partial charge in [-0.05, 0) is 42.0 Å². The number of aromatic nitrogens is 2. The van der Waals surface area contributed by atoms with Crippen LogP contribution in [0.15, 0.2) is 36.0 Å². The Bertz CT molecular complexity index is 872. The Hall–Kier alpha value is -2.47. The second kappa shape index (κ2) is 6.97. The van der Waals surface area contributed by atoms with Crippen LogP contribution >= 0.6 is 11.3 Å². The number of benzene rings is 1. The average molecular weight is 340 g/mol. The van der Waals surface area contributed by atoms with Crippen molar-refractivity contribution in [3.05, 3.63) is 52.7 Å². The summed E-state index contributed by atoms with van der Waals surface area (Å²) < 4.78 is 0. The van der Waals surface area contributed by atoms with E-state index in [4.69, 9.17) is 0 Å². The van der Waals surface area contributed by atoms with Crippen molar-refractivity contribution in [3.63, 3.8) is 0 Å². The molecule has 5 nitrogen and oxygen atoms in total. The molecule has 0 aliphatic heterocycles. The highest BCUT2D eigenvalue weighted by atomic mass is 32.1. The highest BCUT2D eigenvalue weighted by Crippen LogP contribution is 2.28. The number of rotatable bonds is 5. The molecule has 0 spiro atoms. The van der Waals surface area contributed by atoms with Crippen molar-refractivity contribution < 1.29 is 4.79 Å². The Labute approximate surface area is 145 Å². The van der Waals surface area contributed by atoms with Crippen LogP contribution in [0.4, 0.5) is 5.82 Å². The topological polar surface area (TPSA) is 58.1 Å². The van der Waals surface area contributed by atoms with E-state index in [2.05, 4.69) is 27.6 Å². The molecule has 6 heteroatoms. The summed E-state index contributed by atoms with van der Waals surface area (Å²) in [6.45, 7) is 2.82. The number of thiophene rings is 1. The van der Waals surface area contributed by atoms with Crippen LogP contribution in [0.5, 0.6) is 0 Å². The first-order chi connectivity index (χ1) is 11.6. The standard InChI is InChI=1S/C18H20N4OS/c1-12-10-24-17-15(12)16(20-11-21-17)19-8-7-13-5-4-6-14(9-13)18(23)22(2)3/h4-6,9-11H,7-8H2,1-3H3,(H,19,20,21). The van der Waals surface area contributed by atoms with Gasteiger partial charge in [-0.1, -0.05) is 12.1 Å². The van der Waals surface area contributed by atoms with Crippen molar-refractivity contribution in [2.75, 3.05) is 26.0 Å². The monoisotopic (exact) mass is 340 g/mol. The van der Waals surface area contributed by atoms with Gasteiger partial charge in [0.2, 0.25) is 0 Å². The summed E-state index contributed by atoms with van der Waals surface area (Å²) >= 11 is 1.63. The van der Waals surface area contributed by atoms with E-state index in [0.29, 0.717) is 0 Å². The Morgan fingerprint density at radius 2 is 2.12 bits per heavy atom. The zero-order chi connectivity index (χ0) is 17.1. The normalized spacial score (nSPS) is 10.8. The molecule has 1 N–H and O–H groups in total. The number of hydrogen-bond donors (Lipinski definition) is 1. The van der Waals surface area contributed by atoms with Crippen LogP contribution in [0.25, 0.3) is 10.2 Å². The molecule has 0 radical (unpaired) electrons. The molecule has 0 fully saturated rings. The van der Waals surface area contributed by atoms with Crippen LogP contribution in [0.1, 0.15) is 21.5 Å². The summed E-state index contributed by atoms with van der Waals surface area (Å²) in [6, 6.07) is 7.77. The number of aryl methyl sites for hydroxylation is 1. The maximum atomic E-state index is 12.0. The highest BCUT2D eigenvalue weighted by molar-refractivity contribution is 7.17. The number of carbonyl (C=O) groups is 1. The molecule has 0 bridgehead atoms. The number of amides is 1. The van der Waals surface area contributed by atoms with Gasteiger partial charge < -0.3 is 10.2 Å². The van der Waals surface area contributed by atoms with Crippen molar-refractivity contribution >= 4 is 33.3 Å². The fourth-order valence-corrected chi connectivity index (χ4v) is 3.48. The molecule has 0 unspecified atom stereocenters. The Morgan fingerprint density at radius 1 is 1.29 bits per heavy atom. The molecule has 1 aromatic carbocycles. The lowest BCUT2D eigenvalue weighted by molar-refractivity contribution is 0.0827. The van der Waals surface area contributed by atoms with Crippen LogP contribution < -0.4 is 5.32 Å². The summed E-state index contributed by atoms with van der Waals surface area (Å²) in [6.07, 6.45) is 2.42. The van der Waals surface area contributed by atoms with Gasteiger partial charge in [0.05, 0.1) is 5.39 Å². The van der Waals surface area contributed by atoms with Gasteiger partial charge in [-0.15, -0.1) is 11.3 Å². The molecular formula is C18H20N4OS. The summed E-state index contributed by atoms with van der Waals surface area (Å²) in [7, 11) is 3.53. The predicted molar refractivity (Wildman–Crippen MR) is 98.8 cm³/mol. The van der Waals surface area contributed by atoms with Crippen LogP contribution in [0.3, 0.4) is 0 Å². The van der Waals surface area contributed by atoms with Gasteiger partial charge in [-0.2, -0.15) is 0 Å². The molecule has 2 aromatic heterocycles. The lowest BCUT2D eigenvalue weighted by Gasteiger charge is -2.11. The van der Waals surface area contributed by atoms with Gasteiger partial charge >= 0.3 is 0 Å². The lowest BCUT2D eigenvalue weighted by Crippen LogP contribution is -2.21. The summed E-state index contributed by atoms with van der Waals surface area (Å²) in [5.41, 5.74) is 3.04. The van der Waals surface area contributed by atoms with Crippen molar-refractivity contribution in [1.82, 2.24) is 14.9 Å². The van der Waals surface area contributed by atoms with Gasteiger partial charge in [0.15, 0.2) is 0 Å². The lowest BCUT2D eigenvalue weighted by atomic mass is 10.1. The van der Waals surface area contributed by atoms with Crippen LogP contribution in [-0.4, -0.2) is 41.4 Å². The number of carbonyl (C=O) groups excluding carboxylic acids is 1. The quantitative estimate of drug-likeness (QED) is 0.774. The van der Waals surface area contributed by atoms with Crippen molar-refractivity contribution in [3.8, 4) is 0 Å². The average Bonchev–Trinajstić information content (AvgIpc) is 2.96. The Balaban J connectivity index is 1.69. The number of nitrogens with one attached hydrogen (secondary N) is 1. The zero-order valence-electron chi connectivity index (χ0n) is 14.0. The van der Waals surface area contributed by atoms with Gasteiger partial charge in [-0.3, -0.25) is 4.79 Å². The minimum absolute atomic E-state index is 0.0243. The van der Waals surface area contributed by atoms with Crippen molar-refractivity contribution in [1.29, 1.82) is 0 Å². The fraction of sp³-hybridized carbons (Fsp3) is 0.278. The number of nitrogens with zero attached hydrogens (tertiary/aromatic N) is 3. The molecule has 1 amide bonds. The first-order valence-corrected chi connectivity index (χ1v) is 8.67. The Kier molecular flexibility index (Phi) is 4.76. The van der Waals surface area contributed by atoms with Crippen LogP contribution in [0.2, 0.25) is 0 Å². The van der Waals surface area contributed by atoms with E-state index in [1.165, 1.54) is 5.56 Å². The van der Waals surface area contributed by atoms with Gasteiger partial charge in [0.1, 0.15) is 17.0 Å². The van der Waals surface area contributed by atoms with E-state index in [0.717, 1.165) is 40.1 Å². The number of fused-ring (bicyclic) bond motifs is 1. The largest absolute Gasteiger partial charge is 0.369 e. The van der Waals surface area contributed by atoms with Gasteiger partial charge in [0.25, 0.3) is 5.91 Å². The number of hydrogen-bond acceptors (Lipinski definition) is 5. The van der Waals surface area contributed by atoms with Gasteiger partial charge in [-0.25, -0.2) is 9.97 Å². The summed E-state index contributed by atoms with van der Waals surface area (Å²) in [5.74, 6) is 0.899. The third-order valence-corrected chi connectivity index (χ3v) is 4.84. The molecule has 0 saturated heterocycles. The van der Waals surface area contributed by atoms with Crippen molar-refractivity contribution in [2.24, 2.45) is 0 Å². The minimum atomic E-state index is 0.0243. The SMILES string of the molecule is Cc1csc2ncnc(NCCc3cccc(C(=O)N(C)C)c3)c12. The molecular weight excluding hydrogens is 320 g/mol. The maximum absolute atomic E-state index is 12.0. The van der Waals surface area contributed by atoms with E-state index in [1.54, 1.807) is 36.7 Å². The molecule has 0 saturated carbocycles. The second-order valence-electron chi connectivity index (χ2n) is 5.90. The smallest absolute Gasteiger partial charge is 0.253 e. The molecule has 124 valence electrons. The molecule has 3 rings (SSSR count). The minimum Gasteiger partial charge on any atom is -0.369 e. The summed E-state index contributed by atoms with van der Waals surface area (Å²) in [5, 5.41) is 6.59. The van der Waals surface area contributed by atoms with Crippen molar-refractivity contribution in [2.45, 2.75) is 13.3 Å². The molecule has 24 heavy (non-hydrogen) atoms. The highest BCUT2D eigenvalue weighted by Gasteiger charge is 2.10. The first-order valence-electron chi connectivity index (χ1n) is 7.79. The van der Waals surface area contributed by atoms with E-state index < -0.39 is 0 Å². The van der Waals surface area contributed by atoms with E-state index in [9.17, 15) is 4.79 Å². The van der Waals surface area contributed by atoms with Gasteiger partial charge in [0, 0.05) is 26.2 Å². The number of anilines is 1. The molecule has 0 aliphatic carbocycles. The Morgan fingerprint density at radius 3 is 2.92 bits per heavy atom. The van der Waals surface area contributed by atoms with Crippen LogP contribution in [-0.2, 0) is 6.42 Å². The first kappa shape index (κ1) is 16.4. The maximum Gasteiger partial charge on any atom is 0.253 e. The third kappa shape index (κ3) is 3.38. The zero-order valence-corrected chi connectivity index (χ0v) is 14.9. The molecule has 0 aliphatic rings. The summed E-state index contributed by atoms with van der Waals surface area (Å²) in [4.78, 5) is 23.3. The van der Waals surface area contributed by atoms with E-state index in [1.807, 2.05) is 24.3 Å². The van der Waals surface area contributed by atoms with Crippen LogP contribution in [0, 0.1) is 6.92 Å². The van der Waals surface area contributed by atoms with E-state index in [-0.39, 0.29) is 5.91 Å².